The lowest BCUT2D eigenvalue weighted by Crippen LogP contribution is -2.09. The molecule has 0 amide bonds. The second-order valence-electron chi connectivity index (χ2n) is 4.86. The van der Waals surface area contributed by atoms with Crippen LogP contribution in [0.15, 0.2) is 22.6 Å². The van der Waals surface area contributed by atoms with E-state index in [-0.39, 0.29) is 6.10 Å². The van der Waals surface area contributed by atoms with Crippen molar-refractivity contribution in [2.45, 2.75) is 26.9 Å². The Labute approximate surface area is 138 Å². The molecule has 22 heavy (non-hydrogen) atoms. The van der Waals surface area contributed by atoms with Crippen LogP contribution in [-0.2, 0) is 0 Å². The fourth-order valence-electron chi connectivity index (χ4n) is 1.76. The van der Waals surface area contributed by atoms with Gasteiger partial charge in [-0.3, -0.25) is 5.43 Å². The van der Waals surface area contributed by atoms with Gasteiger partial charge >= 0.3 is 0 Å². The summed E-state index contributed by atoms with van der Waals surface area (Å²) in [7, 11) is 1.58. The monoisotopic (exact) mass is 339 g/mol. The smallest absolute Gasteiger partial charge is 0.203 e. The average Bonchev–Trinajstić information content (AvgIpc) is 2.86. The molecular formula is C15H18ClN3O2S. The van der Waals surface area contributed by atoms with Gasteiger partial charge in [0.2, 0.25) is 5.13 Å². The molecule has 0 atom stereocenters. The fourth-order valence-corrected chi connectivity index (χ4v) is 2.61. The molecule has 0 aliphatic heterocycles. The van der Waals surface area contributed by atoms with E-state index in [2.05, 4.69) is 15.5 Å². The van der Waals surface area contributed by atoms with Crippen LogP contribution in [0.1, 0.15) is 25.1 Å². The van der Waals surface area contributed by atoms with Gasteiger partial charge in [0.25, 0.3) is 0 Å². The Kier molecular flexibility index (Phi) is 5.63. The lowest BCUT2D eigenvalue weighted by atomic mass is 10.2. The van der Waals surface area contributed by atoms with E-state index < -0.39 is 0 Å². The minimum Gasteiger partial charge on any atom is -0.493 e. The maximum atomic E-state index is 6.11. The van der Waals surface area contributed by atoms with Crippen molar-refractivity contribution < 1.29 is 9.47 Å². The first-order valence-electron chi connectivity index (χ1n) is 6.75. The molecule has 2 aromatic rings. The second-order valence-corrected chi connectivity index (χ2v) is 6.15. The van der Waals surface area contributed by atoms with E-state index in [1.807, 2.05) is 26.2 Å². The standard InChI is InChI=1S/C15H18ClN3O2S/c1-9(2)21-14-11(5-12(16)6-13(14)20-4)7-17-19-15-18-10(3)8-22-15/h5-9H,1-4H3,(H,18,19). The number of nitrogens with one attached hydrogen (secondary N) is 1. The SMILES string of the molecule is COc1cc(Cl)cc(C=NNc2nc(C)cs2)c1OC(C)C. The van der Waals surface area contributed by atoms with Gasteiger partial charge in [-0.2, -0.15) is 5.10 Å². The maximum Gasteiger partial charge on any atom is 0.203 e. The summed E-state index contributed by atoms with van der Waals surface area (Å²) in [6.07, 6.45) is 1.65. The Bertz CT molecular complexity index is 671. The number of rotatable bonds is 6. The molecule has 7 heteroatoms. The fraction of sp³-hybridized carbons (Fsp3) is 0.333. The summed E-state index contributed by atoms with van der Waals surface area (Å²) in [5, 5.41) is 7.43. The number of hydrogen-bond donors (Lipinski definition) is 1. The molecule has 0 bridgehead atoms. The summed E-state index contributed by atoms with van der Waals surface area (Å²) in [4.78, 5) is 4.28. The summed E-state index contributed by atoms with van der Waals surface area (Å²) in [6, 6.07) is 3.49. The summed E-state index contributed by atoms with van der Waals surface area (Å²) in [5.74, 6) is 1.19. The van der Waals surface area contributed by atoms with Crippen molar-refractivity contribution in [3.63, 3.8) is 0 Å². The van der Waals surface area contributed by atoms with Crippen molar-refractivity contribution in [1.82, 2.24) is 4.98 Å². The lowest BCUT2D eigenvalue weighted by Gasteiger charge is -2.16. The second kappa shape index (κ2) is 7.47. The summed E-state index contributed by atoms with van der Waals surface area (Å²) in [5.41, 5.74) is 4.58. The van der Waals surface area contributed by atoms with Crippen molar-refractivity contribution in [3.05, 3.63) is 33.8 Å². The van der Waals surface area contributed by atoms with Crippen molar-refractivity contribution in [2.24, 2.45) is 5.10 Å². The van der Waals surface area contributed by atoms with Gasteiger partial charge in [-0.25, -0.2) is 4.98 Å². The predicted octanol–water partition coefficient (Wildman–Crippen LogP) is 4.35. The molecule has 0 unspecified atom stereocenters. The Morgan fingerprint density at radius 2 is 2.18 bits per heavy atom. The van der Waals surface area contributed by atoms with Gasteiger partial charge in [-0.1, -0.05) is 11.6 Å². The molecule has 0 spiro atoms. The molecule has 2 rings (SSSR count). The lowest BCUT2D eigenvalue weighted by molar-refractivity contribution is 0.230. The highest BCUT2D eigenvalue weighted by Crippen LogP contribution is 2.34. The third-order valence-corrected chi connectivity index (χ3v) is 3.69. The predicted molar refractivity (Wildman–Crippen MR) is 91.8 cm³/mol. The molecular weight excluding hydrogens is 322 g/mol. The van der Waals surface area contributed by atoms with Crippen LogP contribution in [-0.4, -0.2) is 24.4 Å². The zero-order valence-electron chi connectivity index (χ0n) is 12.9. The zero-order valence-corrected chi connectivity index (χ0v) is 14.5. The van der Waals surface area contributed by atoms with Crippen LogP contribution in [0.5, 0.6) is 11.5 Å². The van der Waals surface area contributed by atoms with Crippen LogP contribution < -0.4 is 14.9 Å². The number of ether oxygens (including phenoxy) is 2. The highest BCUT2D eigenvalue weighted by atomic mass is 35.5. The number of thiazole rings is 1. The average molecular weight is 340 g/mol. The van der Waals surface area contributed by atoms with Crippen LogP contribution in [0.2, 0.25) is 5.02 Å². The van der Waals surface area contributed by atoms with E-state index in [0.717, 1.165) is 16.4 Å². The number of aromatic nitrogens is 1. The molecule has 5 nitrogen and oxygen atoms in total. The van der Waals surface area contributed by atoms with Crippen molar-refractivity contribution in [1.29, 1.82) is 0 Å². The van der Waals surface area contributed by atoms with Crippen LogP contribution >= 0.6 is 22.9 Å². The van der Waals surface area contributed by atoms with E-state index in [1.165, 1.54) is 11.3 Å². The number of methoxy groups -OCH3 is 1. The molecule has 0 radical (unpaired) electrons. The van der Waals surface area contributed by atoms with Gasteiger partial charge < -0.3 is 9.47 Å². The maximum absolute atomic E-state index is 6.11. The summed E-state index contributed by atoms with van der Waals surface area (Å²) < 4.78 is 11.1. The molecule has 0 aliphatic rings. The Morgan fingerprint density at radius 1 is 1.41 bits per heavy atom. The van der Waals surface area contributed by atoms with Crippen LogP contribution in [0.25, 0.3) is 0 Å². The number of hydrazone groups is 1. The first kappa shape index (κ1) is 16.6. The van der Waals surface area contributed by atoms with Crippen molar-refractivity contribution in [2.75, 3.05) is 12.5 Å². The minimum absolute atomic E-state index is 0.0109. The Morgan fingerprint density at radius 3 is 2.77 bits per heavy atom. The quantitative estimate of drug-likeness (QED) is 0.628. The number of benzene rings is 1. The van der Waals surface area contributed by atoms with Gasteiger partial charge in [-0.05, 0) is 26.8 Å². The molecule has 1 heterocycles. The Hall–Kier alpha value is -1.79. The highest BCUT2D eigenvalue weighted by Gasteiger charge is 2.13. The highest BCUT2D eigenvalue weighted by molar-refractivity contribution is 7.13. The van der Waals surface area contributed by atoms with Crippen LogP contribution in [0.3, 0.4) is 0 Å². The molecule has 0 saturated heterocycles. The third-order valence-electron chi connectivity index (χ3n) is 2.60. The van der Waals surface area contributed by atoms with E-state index in [4.69, 9.17) is 21.1 Å². The van der Waals surface area contributed by atoms with Gasteiger partial charge in [0.1, 0.15) is 0 Å². The van der Waals surface area contributed by atoms with E-state index in [0.29, 0.717) is 16.5 Å². The van der Waals surface area contributed by atoms with Gasteiger partial charge in [0, 0.05) is 22.0 Å². The number of anilines is 1. The Balaban J connectivity index is 2.25. The van der Waals surface area contributed by atoms with Crippen molar-refractivity contribution >= 4 is 34.3 Å². The largest absolute Gasteiger partial charge is 0.493 e. The topological polar surface area (TPSA) is 55.7 Å². The number of hydrogen-bond acceptors (Lipinski definition) is 6. The minimum atomic E-state index is 0.0109. The van der Waals surface area contributed by atoms with E-state index in [1.54, 1.807) is 25.5 Å². The molecule has 1 N–H and O–H groups in total. The number of nitrogens with zero attached hydrogens (tertiary/aromatic N) is 2. The number of halogens is 1. The molecule has 1 aromatic heterocycles. The normalized spacial score (nSPS) is 11.2. The van der Waals surface area contributed by atoms with Gasteiger partial charge in [-0.15, -0.1) is 11.3 Å². The van der Waals surface area contributed by atoms with Crippen LogP contribution in [0.4, 0.5) is 5.13 Å². The van der Waals surface area contributed by atoms with Crippen LogP contribution in [0, 0.1) is 6.92 Å². The summed E-state index contributed by atoms with van der Waals surface area (Å²) in [6.45, 7) is 5.83. The molecule has 1 aromatic carbocycles. The van der Waals surface area contributed by atoms with Crippen molar-refractivity contribution in [3.8, 4) is 11.5 Å². The third kappa shape index (κ3) is 4.35. The van der Waals surface area contributed by atoms with Gasteiger partial charge in [0.15, 0.2) is 11.5 Å². The zero-order chi connectivity index (χ0) is 16.1. The van der Waals surface area contributed by atoms with Gasteiger partial charge in [0.05, 0.1) is 25.1 Å². The molecule has 0 fully saturated rings. The molecule has 0 saturated carbocycles. The summed E-state index contributed by atoms with van der Waals surface area (Å²) >= 11 is 7.60. The first-order valence-corrected chi connectivity index (χ1v) is 8.00. The molecule has 0 aliphatic carbocycles. The first-order chi connectivity index (χ1) is 10.5. The number of aryl methyl sites for hydroxylation is 1. The van der Waals surface area contributed by atoms with E-state index in [9.17, 15) is 0 Å². The van der Waals surface area contributed by atoms with E-state index >= 15 is 0 Å². The molecule has 118 valence electrons.